The molecule has 2 aromatic heterocycles. The Balaban J connectivity index is 1.75. The van der Waals surface area contributed by atoms with Crippen LogP contribution in [0.15, 0.2) is 96.6 Å². The maximum absolute atomic E-state index is 13.6. The van der Waals surface area contributed by atoms with Crippen molar-refractivity contribution in [1.29, 1.82) is 0 Å². The lowest BCUT2D eigenvalue weighted by Gasteiger charge is -2.14. The largest absolute Gasteiger partial charge is 0.505 e. The van der Waals surface area contributed by atoms with Gasteiger partial charge in [-0.3, -0.25) is 4.79 Å². The van der Waals surface area contributed by atoms with Crippen molar-refractivity contribution in [3.8, 4) is 11.5 Å². The minimum atomic E-state index is -0.751. The first-order chi connectivity index (χ1) is 16.5. The summed E-state index contributed by atoms with van der Waals surface area (Å²) in [6.45, 7) is 0.145. The molecule has 0 bridgehead atoms. The smallest absolute Gasteiger partial charge is 0.354 e. The van der Waals surface area contributed by atoms with E-state index in [-0.39, 0.29) is 28.2 Å². The van der Waals surface area contributed by atoms with Gasteiger partial charge in [0, 0.05) is 10.3 Å². The monoisotopic (exact) mass is 475 g/mol. The van der Waals surface area contributed by atoms with E-state index in [1.165, 1.54) is 23.8 Å². The molecular formula is C26H18FNO5S. The molecule has 170 valence electrons. The van der Waals surface area contributed by atoms with Crippen molar-refractivity contribution < 1.29 is 18.7 Å². The van der Waals surface area contributed by atoms with Crippen molar-refractivity contribution in [3.63, 3.8) is 0 Å². The van der Waals surface area contributed by atoms with Crippen LogP contribution in [0.2, 0.25) is 0 Å². The number of nitrogens with zero attached hydrogens (tertiary/aromatic N) is 1. The topological polar surface area (TPSA) is 81.7 Å². The molecule has 0 radical (unpaired) electrons. The number of methoxy groups -OCH3 is 1. The average molecular weight is 475 g/mol. The number of ether oxygens (including phenoxy) is 1. The third-order valence-corrected chi connectivity index (χ3v) is 6.53. The fourth-order valence-electron chi connectivity index (χ4n) is 3.84. The van der Waals surface area contributed by atoms with Gasteiger partial charge in [0.05, 0.1) is 19.2 Å². The fourth-order valence-corrected chi connectivity index (χ4v) is 4.72. The summed E-state index contributed by atoms with van der Waals surface area (Å²) in [5, 5.41) is 11.5. The van der Waals surface area contributed by atoms with Crippen molar-refractivity contribution in [3.05, 3.63) is 105 Å². The summed E-state index contributed by atoms with van der Waals surface area (Å²) >= 11 is 0.985. The second-order valence-electron chi connectivity index (χ2n) is 7.59. The van der Waals surface area contributed by atoms with Gasteiger partial charge in [0.15, 0.2) is 11.3 Å². The van der Waals surface area contributed by atoms with Crippen LogP contribution in [0.3, 0.4) is 0 Å². The normalized spacial score (nSPS) is 11.2. The van der Waals surface area contributed by atoms with Gasteiger partial charge in [-0.2, -0.15) is 0 Å². The number of fused-ring (bicyclic) bond motifs is 3. The lowest BCUT2D eigenvalue weighted by molar-refractivity contribution is 0.413. The highest BCUT2D eigenvalue weighted by Crippen LogP contribution is 2.38. The van der Waals surface area contributed by atoms with Crippen molar-refractivity contribution in [2.75, 3.05) is 7.11 Å². The average Bonchev–Trinajstić information content (AvgIpc) is 2.85. The van der Waals surface area contributed by atoms with Gasteiger partial charge in [0.1, 0.15) is 21.8 Å². The summed E-state index contributed by atoms with van der Waals surface area (Å²) in [5.74, 6) is -0.233. The molecule has 6 nitrogen and oxygen atoms in total. The van der Waals surface area contributed by atoms with Gasteiger partial charge in [0.25, 0.3) is 5.56 Å². The van der Waals surface area contributed by atoms with Crippen molar-refractivity contribution in [1.82, 2.24) is 4.57 Å². The predicted octanol–water partition coefficient (Wildman–Crippen LogP) is 5.16. The summed E-state index contributed by atoms with van der Waals surface area (Å²) in [4.78, 5) is 27.0. The molecule has 1 N–H and O–H groups in total. The van der Waals surface area contributed by atoms with Crippen LogP contribution in [0.1, 0.15) is 5.56 Å². The maximum Gasteiger partial charge on any atom is 0.354 e. The minimum Gasteiger partial charge on any atom is -0.505 e. The zero-order valence-corrected chi connectivity index (χ0v) is 18.8. The molecule has 0 amide bonds. The first-order valence-corrected chi connectivity index (χ1v) is 11.2. The molecule has 0 saturated carbocycles. The number of aromatic nitrogens is 1. The van der Waals surface area contributed by atoms with Crippen molar-refractivity contribution in [2.24, 2.45) is 0 Å². The van der Waals surface area contributed by atoms with Crippen LogP contribution in [0, 0.1) is 5.82 Å². The van der Waals surface area contributed by atoms with E-state index in [1.807, 2.05) is 0 Å². The second kappa shape index (κ2) is 8.72. The highest BCUT2D eigenvalue weighted by Gasteiger charge is 2.22. The number of rotatable bonds is 5. The Morgan fingerprint density at radius 3 is 2.56 bits per heavy atom. The van der Waals surface area contributed by atoms with Crippen LogP contribution < -0.4 is 15.9 Å². The van der Waals surface area contributed by atoms with Gasteiger partial charge >= 0.3 is 5.63 Å². The number of para-hydroxylation sites is 1. The second-order valence-corrected chi connectivity index (χ2v) is 8.67. The number of hydrogen-bond donors (Lipinski definition) is 1. The summed E-state index contributed by atoms with van der Waals surface area (Å²) in [7, 11) is 1.53. The first-order valence-electron chi connectivity index (χ1n) is 10.3. The summed E-state index contributed by atoms with van der Waals surface area (Å²) in [5.41, 5.74) is -0.0187. The molecule has 34 heavy (non-hydrogen) atoms. The van der Waals surface area contributed by atoms with E-state index >= 15 is 0 Å². The Morgan fingerprint density at radius 1 is 1.03 bits per heavy atom. The van der Waals surface area contributed by atoms with E-state index in [1.54, 1.807) is 60.7 Å². The van der Waals surface area contributed by atoms with E-state index < -0.39 is 16.9 Å². The van der Waals surface area contributed by atoms with Crippen LogP contribution in [0.4, 0.5) is 4.39 Å². The summed E-state index contributed by atoms with van der Waals surface area (Å²) < 4.78 is 25.7. The van der Waals surface area contributed by atoms with Crippen LogP contribution in [-0.2, 0) is 6.54 Å². The van der Waals surface area contributed by atoms with Gasteiger partial charge in [-0.05, 0) is 48.0 Å². The Hall–Kier alpha value is -4.04. The Kier molecular flexibility index (Phi) is 5.59. The lowest BCUT2D eigenvalue weighted by Crippen LogP contribution is -2.22. The Bertz CT molecular complexity index is 1660. The highest BCUT2D eigenvalue weighted by atomic mass is 32.2. The Morgan fingerprint density at radius 2 is 1.79 bits per heavy atom. The summed E-state index contributed by atoms with van der Waals surface area (Å²) in [6.07, 6.45) is 0. The van der Waals surface area contributed by atoms with E-state index in [2.05, 4.69) is 0 Å². The molecule has 0 atom stereocenters. The van der Waals surface area contributed by atoms with E-state index in [0.29, 0.717) is 27.1 Å². The molecule has 0 unspecified atom stereocenters. The molecule has 2 heterocycles. The minimum absolute atomic E-state index is 0.0217. The van der Waals surface area contributed by atoms with E-state index in [0.717, 1.165) is 11.8 Å². The molecule has 0 aliphatic carbocycles. The predicted molar refractivity (Wildman–Crippen MR) is 129 cm³/mol. The quantitative estimate of drug-likeness (QED) is 0.354. The molecule has 0 aliphatic rings. The van der Waals surface area contributed by atoms with Gasteiger partial charge in [0.2, 0.25) is 0 Å². The lowest BCUT2D eigenvalue weighted by atomic mass is 10.1. The van der Waals surface area contributed by atoms with Crippen LogP contribution in [0.5, 0.6) is 11.5 Å². The van der Waals surface area contributed by atoms with Gasteiger partial charge in [-0.15, -0.1) is 0 Å². The zero-order chi connectivity index (χ0) is 23.8. The van der Waals surface area contributed by atoms with Crippen molar-refractivity contribution >= 4 is 33.6 Å². The number of pyridine rings is 1. The van der Waals surface area contributed by atoms with Crippen LogP contribution in [-0.4, -0.2) is 16.8 Å². The number of halogens is 1. The molecule has 0 fully saturated rings. The summed E-state index contributed by atoms with van der Waals surface area (Å²) in [6, 6.07) is 19.8. The van der Waals surface area contributed by atoms with E-state index in [4.69, 9.17) is 9.15 Å². The van der Waals surface area contributed by atoms with Crippen molar-refractivity contribution in [2.45, 2.75) is 16.3 Å². The van der Waals surface area contributed by atoms with Gasteiger partial charge in [-0.1, -0.05) is 42.1 Å². The third-order valence-electron chi connectivity index (χ3n) is 5.47. The SMILES string of the molecule is COc1cccc(Sc2c(O)c3c(=O)n(Cc4ccc(F)cc4)c4ccccc4c3oc2=O)c1. The van der Waals surface area contributed by atoms with Crippen LogP contribution in [0.25, 0.3) is 21.9 Å². The van der Waals surface area contributed by atoms with Gasteiger partial charge in [-0.25, -0.2) is 9.18 Å². The first kappa shape index (κ1) is 21.8. The number of hydrogen-bond acceptors (Lipinski definition) is 6. The van der Waals surface area contributed by atoms with Gasteiger partial charge < -0.3 is 18.8 Å². The number of aromatic hydroxyl groups is 1. The molecule has 0 spiro atoms. The molecule has 5 aromatic rings. The highest BCUT2D eigenvalue weighted by molar-refractivity contribution is 7.99. The molecule has 3 aromatic carbocycles. The zero-order valence-electron chi connectivity index (χ0n) is 17.9. The third kappa shape index (κ3) is 3.82. The Labute approximate surface area is 196 Å². The maximum atomic E-state index is 13.6. The van der Waals surface area contributed by atoms with E-state index in [9.17, 15) is 19.1 Å². The molecule has 8 heteroatoms. The molecular weight excluding hydrogens is 457 g/mol. The molecule has 0 saturated heterocycles. The number of benzene rings is 3. The van der Waals surface area contributed by atoms with Crippen LogP contribution >= 0.6 is 11.8 Å². The molecule has 0 aliphatic heterocycles. The standard InChI is InChI=1S/C26H18FNO5S/c1-32-17-5-4-6-18(13-17)34-24-22(29)21-23(33-26(24)31)19-7-2-3-8-20(19)28(25(21)30)14-15-9-11-16(27)12-10-15/h2-13,29H,14H2,1H3. The molecule has 5 rings (SSSR count). The fraction of sp³-hybridized carbons (Fsp3) is 0.0769.